The smallest absolute Gasteiger partial charge is 0.256 e. The van der Waals surface area contributed by atoms with Gasteiger partial charge < -0.3 is 4.57 Å². The third-order valence-corrected chi connectivity index (χ3v) is 1.79. The van der Waals surface area contributed by atoms with Gasteiger partial charge in [-0.1, -0.05) is 15.9 Å². The van der Waals surface area contributed by atoms with Crippen molar-refractivity contribution in [1.29, 1.82) is 0 Å². The molecule has 1 heterocycles. The van der Waals surface area contributed by atoms with Crippen molar-refractivity contribution >= 4 is 15.9 Å². The van der Waals surface area contributed by atoms with Crippen LogP contribution in [0.2, 0.25) is 0 Å². The molecular formula is C7H6BrF2NO. The molecule has 0 aliphatic rings. The van der Waals surface area contributed by atoms with Crippen LogP contribution in [0.5, 0.6) is 0 Å². The van der Waals surface area contributed by atoms with Crippen molar-refractivity contribution in [3.63, 3.8) is 0 Å². The van der Waals surface area contributed by atoms with Crippen LogP contribution in [0.3, 0.4) is 0 Å². The fourth-order valence-corrected chi connectivity index (χ4v) is 1.10. The van der Waals surface area contributed by atoms with Gasteiger partial charge in [0.25, 0.3) is 12.0 Å². The van der Waals surface area contributed by atoms with Gasteiger partial charge in [-0.25, -0.2) is 8.78 Å². The molecule has 0 radical (unpaired) electrons. The fourth-order valence-electron chi connectivity index (χ4n) is 0.783. The first-order chi connectivity index (χ1) is 5.59. The number of rotatable bonds is 2. The minimum atomic E-state index is -2.50. The maximum atomic E-state index is 11.8. The van der Waals surface area contributed by atoms with Gasteiger partial charge in [0.05, 0.1) is 6.54 Å². The SMILES string of the molecule is O=c1cc(Br)ccn1CC(F)F. The fraction of sp³-hybridized carbons (Fsp3) is 0.286. The Bertz CT molecular complexity index is 323. The quantitative estimate of drug-likeness (QED) is 0.770. The number of hydrogen-bond acceptors (Lipinski definition) is 1. The molecule has 0 spiro atoms. The van der Waals surface area contributed by atoms with Crippen molar-refractivity contribution < 1.29 is 8.78 Å². The highest BCUT2D eigenvalue weighted by atomic mass is 79.9. The Labute approximate surface area is 76.0 Å². The lowest BCUT2D eigenvalue weighted by Crippen LogP contribution is -2.21. The topological polar surface area (TPSA) is 22.0 Å². The van der Waals surface area contributed by atoms with Crippen LogP contribution in [-0.2, 0) is 6.54 Å². The first-order valence-electron chi connectivity index (χ1n) is 3.24. The van der Waals surface area contributed by atoms with Gasteiger partial charge in [-0.05, 0) is 6.07 Å². The average Bonchev–Trinajstić information content (AvgIpc) is 1.94. The van der Waals surface area contributed by atoms with E-state index in [0.717, 1.165) is 4.57 Å². The third-order valence-electron chi connectivity index (χ3n) is 1.29. The molecule has 1 rings (SSSR count). The van der Waals surface area contributed by atoms with E-state index in [2.05, 4.69) is 15.9 Å². The molecular weight excluding hydrogens is 232 g/mol. The first kappa shape index (κ1) is 9.38. The highest BCUT2D eigenvalue weighted by Gasteiger charge is 2.04. The van der Waals surface area contributed by atoms with E-state index in [1.54, 1.807) is 6.07 Å². The number of hydrogen-bond donors (Lipinski definition) is 0. The van der Waals surface area contributed by atoms with Crippen LogP contribution < -0.4 is 5.56 Å². The molecule has 0 atom stereocenters. The van der Waals surface area contributed by atoms with Crippen molar-refractivity contribution in [3.05, 3.63) is 33.2 Å². The summed E-state index contributed by atoms with van der Waals surface area (Å²) in [5, 5.41) is 0. The predicted molar refractivity (Wildman–Crippen MR) is 44.4 cm³/mol. The Morgan fingerprint density at radius 1 is 1.58 bits per heavy atom. The molecule has 0 saturated carbocycles. The van der Waals surface area contributed by atoms with Crippen molar-refractivity contribution in [3.8, 4) is 0 Å². The molecule has 0 aliphatic heterocycles. The molecule has 0 aromatic carbocycles. The highest BCUT2D eigenvalue weighted by Crippen LogP contribution is 2.04. The molecule has 5 heteroatoms. The molecule has 66 valence electrons. The van der Waals surface area contributed by atoms with E-state index in [-0.39, 0.29) is 0 Å². The van der Waals surface area contributed by atoms with Gasteiger partial charge >= 0.3 is 0 Å². The monoisotopic (exact) mass is 237 g/mol. The molecule has 0 bridgehead atoms. The summed E-state index contributed by atoms with van der Waals surface area (Å²) in [6, 6.07) is 2.80. The van der Waals surface area contributed by atoms with Crippen molar-refractivity contribution in [2.75, 3.05) is 0 Å². The van der Waals surface area contributed by atoms with E-state index < -0.39 is 18.5 Å². The Balaban J connectivity index is 2.94. The van der Waals surface area contributed by atoms with Gasteiger partial charge in [0.1, 0.15) is 0 Å². The van der Waals surface area contributed by atoms with Gasteiger partial charge in [-0.3, -0.25) is 4.79 Å². The third kappa shape index (κ3) is 2.41. The summed E-state index contributed by atoms with van der Waals surface area (Å²) in [6.45, 7) is -0.549. The van der Waals surface area contributed by atoms with E-state index in [1.807, 2.05) is 0 Å². The predicted octanol–water partition coefficient (Wildman–Crippen LogP) is 1.88. The van der Waals surface area contributed by atoms with E-state index >= 15 is 0 Å². The zero-order chi connectivity index (χ0) is 9.14. The summed E-state index contributed by atoms with van der Waals surface area (Å²) < 4.78 is 25.2. The normalized spacial score (nSPS) is 10.7. The summed E-state index contributed by atoms with van der Waals surface area (Å²) in [4.78, 5) is 11.0. The van der Waals surface area contributed by atoms with Gasteiger partial charge in [-0.2, -0.15) is 0 Å². The average molecular weight is 238 g/mol. The molecule has 12 heavy (non-hydrogen) atoms. The van der Waals surface area contributed by atoms with Gasteiger partial charge in [-0.15, -0.1) is 0 Å². The second-order valence-corrected chi connectivity index (χ2v) is 3.14. The highest BCUT2D eigenvalue weighted by molar-refractivity contribution is 9.10. The van der Waals surface area contributed by atoms with E-state index in [0.29, 0.717) is 4.47 Å². The van der Waals surface area contributed by atoms with Crippen LogP contribution in [0, 0.1) is 0 Å². The van der Waals surface area contributed by atoms with Crippen LogP contribution in [0.25, 0.3) is 0 Å². The zero-order valence-electron chi connectivity index (χ0n) is 6.01. The Morgan fingerprint density at radius 2 is 2.25 bits per heavy atom. The largest absolute Gasteiger partial charge is 0.310 e. The lowest BCUT2D eigenvalue weighted by molar-refractivity contribution is 0.125. The van der Waals surface area contributed by atoms with Crippen LogP contribution in [-0.4, -0.2) is 11.0 Å². The molecule has 0 amide bonds. The van der Waals surface area contributed by atoms with Crippen molar-refractivity contribution in [2.45, 2.75) is 13.0 Å². The Morgan fingerprint density at radius 3 is 2.75 bits per heavy atom. The number of aromatic nitrogens is 1. The lowest BCUT2D eigenvalue weighted by Gasteiger charge is -2.03. The molecule has 0 saturated heterocycles. The van der Waals surface area contributed by atoms with Crippen LogP contribution >= 0.6 is 15.9 Å². The van der Waals surface area contributed by atoms with E-state index in [4.69, 9.17) is 0 Å². The molecule has 0 unspecified atom stereocenters. The van der Waals surface area contributed by atoms with E-state index in [1.165, 1.54) is 12.3 Å². The van der Waals surface area contributed by atoms with Crippen molar-refractivity contribution in [1.82, 2.24) is 4.57 Å². The standard InChI is InChI=1S/C7H6BrF2NO/c8-5-1-2-11(4-6(9)10)7(12)3-5/h1-3,6H,4H2. The molecule has 1 aromatic heterocycles. The summed E-state index contributed by atoms with van der Waals surface area (Å²) in [6.07, 6.45) is -1.16. The molecule has 1 aromatic rings. The summed E-state index contributed by atoms with van der Waals surface area (Å²) in [7, 11) is 0. The summed E-state index contributed by atoms with van der Waals surface area (Å²) in [5.74, 6) is 0. The molecule has 0 fully saturated rings. The van der Waals surface area contributed by atoms with Crippen LogP contribution in [0.1, 0.15) is 0 Å². The molecule has 2 nitrogen and oxygen atoms in total. The number of pyridine rings is 1. The van der Waals surface area contributed by atoms with Gasteiger partial charge in [0.15, 0.2) is 0 Å². The van der Waals surface area contributed by atoms with Crippen molar-refractivity contribution in [2.24, 2.45) is 0 Å². The molecule has 0 aliphatic carbocycles. The van der Waals surface area contributed by atoms with E-state index in [9.17, 15) is 13.6 Å². The maximum Gasteiger partial charge on any atom is 0.256 e. The summed E-state index contributed by atoms with van der Waals surface area (Å²) in [5.41, 5.74) is -0.426. The minimum Gasteiger partial charge on any atom is -0.310 e. The van der Waals surface area contributed by atoms with Crippen LogP contribution in [0.4, 0.5) is 8.78 Å². The number of halogens is 3. The minimum absolute atomic E-state index is 0.426. The zero-order valence-corrected chi connectivity index (χ0v) is 7.59. The second-order valence-electron chi connectivity index (χ2n) is 2.23. The number of nitrogens with zero attached hydrogens (tertiary/aromatic N) is 1. The first-order valence-corrected chi connectivity index (χ1v) is 4.03. The van der Waals surface area contributed by atoms with Crippen LogP contribution in [0.15, 0.2) is 27.6 Å². The maximum absolute atomic E-state index is 11.8. The van der Waals surface area contributed by atoms with Gasteiger partial charge in [0, 0.05) is 16.7 Å². The lowest BCUT2D eigenvalue weighted by atomic mass is 10.4. The Kier molecular flexibility index (Phi) is 2.97. The second kappa shape index (κ2) is 3.80. The molecule has 0 N–H and O–H groups in total. The van der Waals surface area contributed by atoms with Gasteiger partial charge in [0.2, 0.25) is 0 Å². The summed E-state index contributed by atoms with van der Waals surface area (Å²) >= 11 is 3.06. The Hall–Kier alpha value is -0.710. The number of alkyl halides is 2.